The average Bonchev–Trinajstić information content (AvgIpc) is 3.01. The SMILES string of the molecule is CNC(=O)N1Cc2[nH]c3cc(NC(=O)OC(C)(C)C)ccc3c2C(C(=O)OC)C1. The number of hydrogen-bond donors (Lipinski definition) is 3. The summed E-state index contributed by atoms with van der Waals surface area (Å²) in [5, 5.41) is 6.14. The quantitative estimate of drug-likeness (QED) is 0.669. The summed E-state index contributed by atoms with van der Waals surface area (Å²) in [6.07, 6.45) is -0.550. The molecule has 1 unspecified atom stereocenters. The van der Waals surface area contributed by atoms with Crippen molar-refractivity contribution >= 4 is 34.7 Å². The second-order valence-electron chi connectivity index (χ2n) is 7.92. The molecule has 3 N–H and O–H groups in total. The van der Waals surface area contributed by atoms with E-state index in [0.717, 1.165) is 22.2 Å². The number of carbonyl (C=O) groups excluding carboxylic acids is 3. The molecule has 0 aliphatic carbocycles. The first-order valence-corrected chi connectivity index (χ1v) is 9.32. The highest BCUT2D eigenvalue weighted by molar-refractivity contribution is 5.96. The number of ether oxygens (including phenoxy) is 2. The monoisotopic (exact) mass is 402 g/mol. The molecular weight excluding hydrogens is 376 g/mol. The van der Waals surface area contributed by atoms with Crippen LogP contribution in [0.2, 0.25) is 0 Å². The van der Waals surface area contributed by atoms with Crippen LogP contribution in [-0.4, -0.2) is 54.3 Å². The van der Waals surface area contributed by atoms with Gasteiger partial charge in [-0.2, -0.15) is 0 Å². The van der Waals surface area contributed by atoms with Crippen molar-refractivity contribution < 1.29 is 23.9 Å². The molecule has 1 aromatic heterocycles. The molecule has 156 valence electrons. The lowest BCUT2D eigenvalue weighted by Gasteiger charge is -2.31. The number of fused-ring (bicyclic) bond motifs is 3. The topological polar surface area (TPSA) is 113 Å². The predicted octanol–water partition coefficient (Wildman–Crippen LogP) is 2.93. The van der Waals surface area contributed by atoms with Gasteiger partial charge in [-0.1, -0.05) is 6.07 Å². The van der Waals surface area contributed by atoms with Crippen molar-refractivity contribution in [3.63, 3.8) is 0 Å². The van der Waals surface area contributed by atoms with Gasteiger partial charge < -0.3 is 24.7 Å². The molecule has 2 heterocycles. The van der Waals surface area contributed by atoms with Gasteiger partial charge in [-0.05, 0) is 38.5 Å². The minimum absolute atomic E-state index is 0.226. The number of urea groups is 1. The Morgan fingerprint density at radius 3 is 2.59 bits per heavy atom. The van der Waals surface area contributed by atoms with Gasteiger partial charge >= 0.3 is 18.1 Å². The van der Waals surface area contributed by atoms with Crippen LogP contribution in [-0.2, 0) is 20.8 Å². The van der Waals surface area contributed by atoms with Crippen LogP contribution in [0.4, 0.5) is 15.3 Å². The highest BCUT2D eigenvalue weighted by atomic mass is 16.6. The minimum atomic E-state index is -0.600. The number of anilines is 1. The van der Waals surface area contributed by atoms with E-state index < -0.39 is 23.6 Å². The van der Waals surface area contributed by atoms with E-state index >= 15 is 0 Å². The molecule has 1 aliphatic rings. The summed E-state index contributed by atoms with van der Waals surface area (Å²) < 4.78 is 10.2. The Morgan fingerprint density at radius 1 is 1.24 bits per heavy atom. The van der Waals surface area contributed by atoms with Crippen molar-refractivity contribution in [2.24, 2.45) is 0 Å². The maximum atomic E-state index is 12.4. The number of aromatic nitrogens is 1. The molecule has 0 fully saturated rings. The number of nitrogens with zero attached hydrogens (tertiary/aromatic N) is 1. The number of H-pyrrole nitrogens is 1. The first-order valence-electron chi connectivity index (χ1n) is 9.32. The number of carbonyl (C=O) groups is 3. The zero-order valence-electron chi connectivity index (χ0n) is 17.2. The number of nitrogens with one attached hydrogen (secondary N) is 3. The van der Waals surface area contributed by atoms with Crippen molar-refractivity contribution in [3.05, 3.63) is 29.5 Å². The van der Waals surface area contributed by atoms with Gasteiger partial charge in [0.1, 0.15) is 11.5 Å². The van der Waals surface area contributed by atoms with E-state index in [2.05, 4.69) is 15.6 Å². The van der Waals surface area contributed by atoms with Crippen molar-refractivity contribution in [3.8, 4) is 0 Å². The fourth-order valence-corrected chi connectivity index (χ4v) is 3.51. The number of aromatic amines is 1. The maximum Gasteiger partial charge on any atom is 0.412 e. The second kappa shape index (κ2) is 7.65. The highest BCUT2D eigenvalue weighted by Crippen LogP contribution is 2.36. The van der Waals surface area contributed by atoms with Crippen molar-refractivity contribution in [2.75, 3.05) is 26.0 Å². The molecule has 9 nitrogen and oxygen atoms in total. The van der Waals surface area contributed by atoms with E-state index in [1.807, 2.05) is 6.07 Å². The first kappa shape index (κ1) is 20.5. The molecule has 29 heavy (non-hydrogen) atoms. The number of esters is 1. The van der Waals surface area contributed by atoms with Crippen LogP contribution in [0.3, 0.4) is 0 Å². The van der Waals surface area contributed by atoms with Gasteiger partial charge in [-0.3, -0.25) is 10.1 Å². The number of rotatable bonds is 2. The summed E-state index contributed by atoms with van der Waals surface area (Å²) in [6.45, 7) is 5.94. The molecule has 0 bridgehead atoms. The van der Waals surface area contributed by atoms with Crippen molar-refractivity contribution in [1.82, 2.24) is 15.2 Å². The van der Waals surface area contributed by atoms with Gasteiger partial charge in [0.25, 0.3) is 0 Å². The van der Waals surface area contributed by atoms with E-state index in [4.69, 9.17) is 9.47 Å². The summed E-state index contributed by atoms with van der Waals surface area (Å²) in [5.74, 6) is -1.00. The Morgan fingerprint density at radius 2 is 1.97 bits per heavy atom. The fraction of sp³-hybridized carbons (Fsp3) is 0.450. The van der Waals surface area contributed by atoms with Crippen molar-refractivity contribution in [1.29, 1.82) is 0 Å². The Bertz CT molecular complexity index is 960. The number of hydrogen-bond acceptors (Lipinski definition) is 5. The predicted molar refractivity (Wildman–Crippen MR) is 108 cm³/mol. The molecular formula is C20H26N4O5. The van der Waals surface area contributed by atoms with Crippen LogP contribution in [0, 0.1) is 0 Å². The maximum absolute atomic E-state index is 12.4. The fourth-order valence-electron chi connectivity index (χ4n) is 3.51. The second-order valence-corrected chi connectivity index (χ2v) is 7.92. The van der Waals surface area contributed by atoms with Gasteiger partial charge in [0, 0.05) is 35.9 Å². The van der Waals surface area contributed by atoms with E-state index in [1.165, 1.54) is 7.11 Å². The highest BCUT2D eigenvalue weighted by Gasteiger charge is 2.36. The van der Waals surface area contributed by atoms with E-state index in [9.17, 15) is 14.4 Å². The molecule has 0 radical (unpaired) electrons. The van der Waals surface area contributed by atoms with Crippen LogP contribution >= 0.6 is 0 Å². The third-order valence-corrected chi connectivity index (χ3v) is 4.65. The molecule has 0 saturated carbocycles. The first-order chi connectivity index (χ1) is 13.6. The van der Waals surface area contributed by atoms with Gasteiger partial charge in [0.2, 0.25) is 0 Å². The molecule has 3 amide bonds. The molecule has 2 aromatic rings. The summed E-state index contributed by atoms with van der Waals surface area (Å²) in [6, 6.07) is 5.09. The normalized spacial score (nSPS) is 16.2. The largest absolute Gasteiger partial charge is 0.468 e. The molecule has 9 heteroatoms. The van der Waals surface area contributed by atoms with Gasteiger partial charge in [-0.15, -0.1) is 0 Å². The van der Waals surface area contributed by atoms with Gasteiger partial charge in [0.15, 0.2) is 0 Å². The number of methoxy groups -OCH3 is 1. The molecule has 3 rings (SSSR count). The molecule has 1 atom stereocenters. The smallest absolute Gasteiger partial charge is 0.412 e. The average molecular weight is 402 g/mol. The van der Waals surface area contributed by atoms with Gasteiger partial charge in [0.05, 0.1) is 13.7 Å². The van der Waals surface area contributed by atoms with Gasteiger partial charge in [-0.25, -0.2) is 9.59 Å². The Hall–Kier alpha value is -3.23. The summed E-state index contributed by atoms with van der Waals surface area (Å²) in [7, 11) is 2.88. The van der Waals surface area contributed by atoms with E-state index in [0.29, 0.717) is 12.2 Å². The van der Waals surface area contributed by atoms with Crippen LogP contribution in [0.5, 0.6) is 0 Å². The van der Waals surface area contributed by atoms with E-state index in [1.54, 1.807) is 44.9 Å². The molecule has 0 saturated heterocycles. The van der Waals surface area contributed by atoms with Crippen molar-refractivity contribution in [2.45, 2.75) is 38.8 Å². The summed E-state index contributed by atoms with van der Waals surface area (Å²) in [4.78, 5) is 41.4. The zero-order valence-corrected chi connectivity index (χ0v) is 17.2. The van der Waals surface area contributed by atoms with E-state index in [-0.39, 0.29) is 12.6 Å². The number of benzene rings is 1. The Balaban J connectivity index is 1.96. The van der Waals surface area contributed by atoms with Crippen LogP contribution in [0.25, 0.3) is 10.9 Å². The molecule has 1 aliphatic heterocycles. The third kappa shape index (κ3) is 4.28. The minimum Gasteiger partial charge on any atom is -0.468 e. The number of amides is 3. The Labute approximate surface area is 168 Å². The standard InChI is InChI=1S/C20H26N4O5/c1-20(2,3)29-19(27)22-11-6-7-12-14(8-11)23-15-10-24(18(26)21-4)9-13(16(12)15)17(25)28-5/h6-8,13,23H,9-10H2,1-5H3,(H,21,26)(H,22,27). The lowest BCUT2D eigenvalue weighted by atomic mass is 9.92. The molecule has 1 aromatic carbocycles. The molecule has 0 spiro atoms. The lowest BCUT2D eigenvalue weighted by molar-refractivity contribution is -0.143. The Kier molecular flexibility index (Phi) is 5.41. The van der Waals surface area contributed by atoms with Crippen LogP contribution in [0.15, 0.2) is 18.2 Å². The summed E-state index contributed by atoms with van der Waals surface area (Å²) >= 11 is 0. The third-order valence-electron chi connectivity index (χ3n) is 4.65. The van der Waals surface area contributed by atoms with Crippen LogP contribution in [0.1, 0.15) is 37.9 Å². The summed E-state index contributed by atoms with van der Waals surface area (Å²) in [5.41, 5.74) is 2.28. The lowest BCUT2D eigenvalue weighted by Crippen LogP contribution is -2.44. The zero-order chi connectivity index (χ0) is 21.3. The van der Waals surface area contributed by atoms with Crippen LogP contribution < -0.4 is 10.6 Å².